The first-order valence-corrected chi connectivity index (χ1v) is 15.7. The number of amides is 1. The maximum Gasteiger partial charge on any atom is 0.416 e. The molecule has 0 unspecified atom stereocenters. The van der Waals surface area contributed by atoms with E-state index in [1.807, 2.05) is 48.5 Å². The first-order chi connectivity index (χ1) is 21.6. The molecule has 1 aliphatic heterocycles. The number of ether oxygens (including phenoxy) is 2. The lowest BCUT2D eigenvalue weighted by atomic mass is 9.82. The summed E-state index contributed by atoms with van der Waals surface area (Å²) in [6, 6.07) is 26.8. The Hall–Kier alpha value is -3.67. The van der Waals surface area contributed by atoms with Crippen molar-refractivity contribution in [3.63, 3.8) is 0 Å². The van der Waals surface area contributed by atoms with Crippen LogP contribution in [0.5, 0.6) is 5.75 Å². The highest BCUT2D eigenvalue weighted by Crippen LogP contribution is 2.45. The highest BCUT2D eigenvalue weighted by Gasteiger charge is 2.54. The molecule has 0 aliphatic carbocycles. The average Bonchev–Trinajstić information content (AvgIpc) is 3.41. The molecule has 1 aliphatic rings. The van der Waals surface area contributed by atoms with Crippen molar-refractivity contribution in [1.82, 2.24) is 5.32 Å². The molecule has 11 heteroatoms. The molecule has 1 heterocycles. The summed E-state index contributed by atoms with van der Waals surface area (Å²) in [5.41, 5.74) is 0.402. The number of benzene rings is 4. The number of carbonyl (C=O) groups excluding carboxylic acids is 1. The zero-order chi connectivity index (χ0) is 32.0. The van der Waals surface area contributed by atoms with Gasteiger partial charge in [-0.15, -0.1) is 0 Å². The Morgan fingerprint density at radius 1 is 0.933 bits per heavy atom. The minimum absolute atomic E-state index is 0.0118. The molecule has 0 bridgehead atoms. The van der Waals surface area contributed by atoms with Crippen LogP contribution >= 0.6 is 31.9 Å². The lowest BCUT2D eigenvalue weighted by molar-refractivity contribution is -0.137. The summed E-state index contributed by atoms with van der Waals surface area (Å²) in [4.78, 5) is 19.4. The molecule has 5 rings (SSSR count). The van der Waals surface area contributed by atoms with Gasteiger partial charge in [0.2, 0.25) is 5.90 Å². The van der Waals surface area contributed by atoms with Crippen LogP contribution in [0, 0.1) is 0 Å². The molecular formula is C34H29Br2F3N2O4. The number of rotatable bonds is 11. The number of nitrogens with one attached hydrogen (secondary N) is 1. The zero-order valence-electron chi connectivity index (χ0n) is 23.9. The second-order valence-corrected chi connectivity index (χ2v) is 12.2. The molecule has 6 nitrogen and oxygen atoms in total. The van der Waals surface area contributed by atoms with Crippen molar-refractivity contribution in [3.05, 3.63) is 134 Å². The van der Waals surface area contributed by atoms with Crippen LogP contribution in [-0.2, 0) is 28.7 Å². The molecule has 2 atom stereocenters. The van der Waals surface area contributed by atoms with Crippen molar-refractivity contribution in [2.24, 2.45) is 4.99 Å². The fourth-order valence-electron chi connectivity index (χ4n) is 5.03. The Morgan fingerprint density at radius 2 is 1.60 bits per heavy atom. The minimum atomic E-state index is -4.46. The van der Waals surface area contributed by atoms with Gasteiger partial charge in [0.15, 0.2) is 11.6 Å². The molecule has 0 spiro atoms. The molecule has 2 N–H and O–H groups in total. The van der Waals surface area contributed by atoms with Gasteiger partial charge in [-0.2, -0.15) is 13.2 Å². The van der Waals surface area contributed by atoms with E-state index in [0.717, 1.165) is 26.6 Å². The fraction of sp³-hybridized carbons (Fsp3) is 0.235. The van der Waals surface area contributed by atoms with Crippen LogP contribution in [0.25, 0.3) is 0 Å². The number of aliphatic hydroxyl groups is 1. The molecule has 0 aromatic heterocycles. The maximum absolute atomic E-state index is 14.4. The third kappa shape index (κ3) is 7.59. The second-order valence-electron chi connectivity index (χ2n) is 10.5. The molecule has 0 saturated carbocycles. The van der Waals surface area contributed by atoms with E-state index in [2.05, 4.69) is 37.2 Å². The van der Waals surface area contributed by atoms with Gasteiger partial charge in [-0.05, 0) is 59.7 Å². The normalized spacial score (nSPS) is 17.8. The number of carbonyl (C=O) groups is 1. The summed E-state index contributed by atoms with van der Waals surface area (Å²) in [6.07, 6.45) is -4.65. The van der Waals surface area contributed by atoms with Gasteiger partial charge in [-0.3, -0.25) is 4.79 Å². The van der Waals surface area contributed by atoms with Crippen LogP contribution in [-0.4, -0.2) is 35.7 Å². The first-order valence-electron chi connectivity index (χ1n) is 14.1. The molecule has 0 saturated heterocycles. The van der Waals surface area contributed by atoms with Crippen molar-refractivity contribution in [1.29, 1.82) is 0 Å². The van der Waals surface area contributed by atoms with Crippen LogP contribution < -0.4 is 10.1 Å². The average molecular weight is 746 g/mol. The van der Waals surface area contributed by atoms with E-state index < -0.39 is 29.3 Å². The highest BCUT2D eigenvalue weighted by molar-refractivity contribution is 9.10. The Kier molecular flexibility index (Phi) is 10.3. The van der Waals surface area contributed by atoms with Crippen molar-refractivity contribution >= 4 is 43.7 Å². The lowest BCUT2D eigenvalue weighted by Gasteiger charge is -2.31. The van der Waals surface area contributed by atoms with Crippen molar-refractivity contribution in [2.75, 3.05) is 13.2 Å². The van der Waals surface area contributed by atoms with Gasteiger partial charge in [-0.25, -0.2) is 4.99 Å². The van der Waals surface area contributed by atoms with Gasteiger partial charge in [0.1, 0.15) is 5.75 Å². The van der Waals surface area contributed by atoms with Crippen LogP contribution in [0.15, 0.2) is 111 Å². The Morgan fingerprint density at radius 3 is 2.24 bits per heavy atom. The summed E-state index contributed by atoms with van der Waals surface area (Å²) in [7, 11) is 0. The number of aliphatic hydroxyl groups excluding tert-OH is 1. The predicted octanol–water partition coefficient (Wildman–Crippen LogP) is 7.81. The van der Waals surface area contributed by atoms with Crippen LogP contribution in [0.1, 0.15) is 40.3 Å². The van der Waals surface area contributed by atoms with Crippen molar-refractivity contribution < 1.29 is 32.5 Å². The summed E-state index contributed by atoms with van der Waals surface area (Å²) < 4.78 is 53.1. The van der Waals surface area contributed by atoms with Crippen LogP contribution in [0.3, 0.4) is 0 Å². The SMILES string of the molecule is O=C(NCc1ccc(C(F)(F)F)cc1)[C@]1(Cc2ccccc2Br)N=C(c2ccc(OCCCO)cc2)O[C@@H]1c1ccccc1Br. The molecule has 1 amide bonds. The topological polar surface area (TPSA) is 80.2 Å². The van der Waals surface area contributed by atoms with Gasteiger partial charge in [-0.1, -0.05) is 80.4 Å². The minimum Gasteiger partial charge on any atom is -0.494 e. The van der Waals surface area contributed by atoms with Crippen LogP contribution in [0.4, 0.5) is 13.2 Å². The van der Waals surface area contributed by atoms with Gasteiger partial charge in [0.25, 0.3) is 5.91 Å². The summed E-state index contributed by atoms with van der Waals surface area (Å²) >= 11 is 7.23. The molecule has 0 fully saturated rings. The third-order valence-electron chi connectivity index (χ3n) is 7.37. The molecule has 4 aromatic carbocycles. The highest BCUT2D eigenvalue weighted by atomic mass is 79.9. The van der Waals surface area contributed by atoms with Crippen LogP contribution in [0.2, 0.25) is 0 Å². The number of nitrogens with zero attached hydrogens (tertiary/aromatic N) is 1. The Balaban J connectivity index is 1.54. The lowest BCUT2D eigenvalue weighted by Crippen LogP contribution is -2.49. The van der Waals surface area contributed by atoms with Gasteiger partial charge >= 0.3 is 6.18 Å². The summed E-state index contributed by atoms with van der Waals surface area (Å²) in [5.74, 6) is 0.425. The molecular weight excluding hydrogens is 717 g/mol. The Labute approximate surface area is 275 Å². The number of aliphatic imine (C=N–C) groups is 1. The largest absolute Gasteiger partial charge is 0.494 e. The van der Waals surface area contributed by atoms with Gasteiger partial charge in [0, 0.05) is 46.1 Å². The van der Waals surface area contributed by atoms with E-state index in [1.54, 1.807) is 24.3 Å². The molecule has 0 radical (unpaired) electrons. The van der Waals surface area contributed by atoms with E-state index in [0.29, 0.717) is 35.5 Å². The second kappa shape index (κ2) is 14.2. The molecule has 4 aromatic rings. The summed E-state index contributed by atoms with van der Waals surface area (Å²) in [6.45, 7) is 0.382. The van der Waals surface area contributed by atoms with Crippen molar-refractivity contribution in [2.45, 2.75) is 37.2 Å². The number of hydrogen-bond acceptors (Lipinski definition) is 5. The molecule has 45 heavy (non-hydrogen) atoms. The van der Waals surface area contributed by atoms with E-state index >= 15 is 0 Å². The zero-order valence-corrected chi connectivity index (χ0v) is 27.0. The van der Waals surface area contributed by atoms with Gasteiger partial charge in [0.05, 0.1) is 12.2 Å². The first kappa shape index (κ1) is 32.7. The molecule has 234 valence electrons. The van der Waals surface area contributed by atoms with E-state index in [9.17, 15) is 18.0 Å². The van der Waals surface area contributed by atoms with E-state index in [-0.39, 0.29) is 25.5 Å². The van der Waals surface area contributed by atoms with Gasteiger partial charge < -0.3 is 19.9 Å². The van der Waals surface area contributed by atoms with E-state index in [1.165, 1.54) is 12.1 Å². The number of halogens is 5. The van der Waals surface area contributed by atoms with Crippen molar-refractivity contribution in [3.8, 4) is 5.75 Å². The number of alkyl halides is 3. The van der Waals surface area contributed by atoms with E-state index in [4.69, 9.17) is 19.6 Å². The Bertz CT molecular complexity index is 1660. The third-order valence-corrected chi connectivity index (χ3v) is 8.87. The summed E-state index contributed by atoms with van der Waals surface area (Å²) in [5, 5.41) is 12.0. The number of hydrogen-bond donors (Lipinski definition) is 2. The quantitative estimate of drug-likeness (QED) is 0.154. The smallest absolute Gasteiger partial charge is 0.416 e. The fourth-order valence-corrected chi connectivity index (χ4v) is 5.94. The monoisotopic (exact) mass is 744 g/mol. The predicted molar refractivity (Wildman–Crippen MR) is 172 cm³/mol. The maximum atomic E-state index is 14.4. The standard InChI is InChI=1S/C34H29Br2F3N2O4/c35-28-8-3-1-6-24(28)20-33(32(43)40-21-22-10-14-25(15-11-22)34(37,38)39)30(27-7-2-4-9-29(27)36)45-31(41-33)23-12-16-26(17-13-23)44-19-5-18-42/h1-4,6-17,30,42H,5,18-21H2,(H,40,43)/t30-,33-/m1/s1.